The van der Waals surface area contributed by atoms with E-state index in [-0.39, 0.29) is 19.6 Å². The van der Waals surface area contributed by atoms with Crippen LogP contribution < -0.4 is 33.4 Å². The number of nitrogens with two attached hydrogens (primary N) is 5. The summed E-state index contributed by atoms with van der Waals surface area (Å²) in [5, 5.41) is 64.4. The molecule has 0 aromatic heterocycles. The van der Waals surface area contributed by atoms with Gasteiger partial charge in [0.15, 0.2) is 25.2 Å². The molecule has 20 nitrogen and oxygen atoms in total. The Labute approximate surface area is 293 Å². The molecule has 0 bridgehead atoms. The molecule has 5 fully saturated rings. The monoisotopic (exact) mass is 733 g/mol. The molecule has 1 aromatic rings. The van der Waals surface area contributed by atoms with Gasteiger partial charge in [-0.1, -0.05) is 12.1 Å². The Balaban J connectivity index is 1.13. The molecular formula is C31H51N5O15. The van der Waals surface area contributed by atoms with Crippen LogP contribution in [0.5, 0.6) is 5.75 Å². The summed E-state index contributed by atoms with van der Waals surface area (Å²) in [6, 6.07) is 2.97. The maximum absolute atomic E-state index is 11.3. The molecule has 16 N–H and O–H groups in total. The van der Waals surface area contributed by atoms with Crippen molar-refractivity contribution in [3.63, 3.8) is 0 Å². The number of aliphatic hydroxyl groups is 6. The molecule has 5 aliphatic rings. The minimum Gasteiger partial charge on any atom is -0.497 e. The zero-order chi connectivity index (χ0) is 36.7. The molecule has 20 heteroatoms. The Hall–Kier alpha value is -1.74. The van der Waals surface area contributed by atoms with Crippen LogP contribution in [0.15, 0.2) is 24.3 Å². The average molecular weight is 734 g/mol. The molecule has 1 aromatic carbocycles. The maximum atomic E-state index is 11.3. The first-order valence-electron chi connectivity index (χ1n) is 16.9. The minimum atomic E-state index is -1.61. The third-order valence-electron chi connectivity index (χ3n) is 10.2. The van der Waals surface area contributed by atoms with Crippen molar-refractivity contribution in [2.45, 2.75) is 129 Å². The maximum Gasteiger partial charge on any atom is 0.187 e. The van der Waals surface area contributed by atoms with Gasteiger partial charge in [-0.2, -0.15) is 0 Å². The van der Waals surface area contributed by atoms with E-state index in [1.807, 2.05) is 0 Å². The summed E-state index contributed by atoms with van der Waals surface area (Å²) in [7, 11) is 1.55. The van der Waals surface area contributed by atoms with E-state index in [9.17, 15) is 30.6 Å². The fourth-order valence-corrected chi connectivity index (χ4v) is 7.14. The lowest BCUT2D eigenvalue weighted by molar-refractivity contribution is -0.356. The van der Waals surface area contributed by atoms with Crippen LogP contribution in [0.2, 0.25) is 0 Å². The lowest BCUT2D eigenvalue weighted by Crippen LogP contribution is -2.69. The van der Waals surface area contributed by atoms with Crippen molar-refractivity contribution in [1.82, 2.24) is 0 Å². The molecule has 1 saturated carbocycles. The number of fused-ring (bicyclic) bond motifs is 1. The van der Waals surface area contributed by atoms with E-state index in [2.05, 4.69) is 0 Å². The van der Waals surface area contributed by atoms with E-state index in [1.54, 1.807) is 31.4 Å². The van der Waals surface area contributed by atoms with Crippen LogP contribution in [0.25, 0.3) is 0 Å². The summed E-state index contributed by atoms with van der Waals surface area (Å²) in [6.07, 6.45) is -19.6. The van der Waals surface area contributed by atoms with Gasteiger partial charge in [0, 0.05) is 24.2 Å². The van der Waals surface area contributed by atoms with Crippen LogP contribution in [-0.4, -0.2) is 174 Å². The second-order valence-corrected chi connectivity index (χ2v) is 13.6. The zero-order valence-corrected chi connectivity index (χ0v) is 27.9. The Morgan fingerprint density at radius 2 is 1.31 bits per heavy atom. The Morgan fingerprint density at radius 3 is 1.98 bits per heavy atom. The van der Waals surface area contributed by atoms with E-state index in [4.69, 9.17) is 71.3 Å². The summed E-state index contributed by atoms with van der Waals surface area (Å²) in [4.78, 5) is 0. The molecule has 6 rings (SSSR count). The fourth-order valence-electron chi connectivity index (χ4n) is 7.14. The largest absolute Gasteiger partial charge is 0.497 e. The lowest BCUT2D eigenvalue weighted by Gasteiger charge is -2.49. The molecule has 51 heavy (non-hydrogen) atoms. The number of benzene rings is 1. The van der Waals surface area contributed by atoms with Crippen molar-refractivity contribution < 1.29 is 73.3 Å². The molecule has 1 aliphatic carbocycles. The second-order valence-electron chi connectivity index (χ2n) is 13.6. The Kier molecular flexibility index (Phi) is 12.5. The standard InChI is InChI=1S/C31H51N5O15/c1-43-11-4-2-10(3-5-11)28-44-9-16-26(49-28)22(41)18(36)30(47-16)48-24-13(34)6-12(33)19(38)27(24)51-31-23(42)25(15(8-37)46-31)50-29-17(35)21(40)20(39)14(7-32)45-29/h2-5,12-31,37-42H,6-9,32-36H2,1H3/t12-,13+,14+,15+,16+,17-,18+,19+,20-,21-,22+,23+,24-,25+,26+,27-,28+,29-,30+,31-/m0/s1. The summed E-state index contributed by atoms with van der Waals surface area (Å²) in [6.45, 7) is -0.782. The fraction of sp³-hybridized carbons (Fsp3) is 0.806. The third-order valence-corrected chi connectivity index (χ3v) is 10.2. The first-order valence-corrected chi connectivity index (χ1v) is 16.9. The zero-order valence-electron chi connectivity index (χ0n) is 27.9. The highest BCUT2D eigenvalue weighted by Crippen LogP contribution is 2.37. The summed E-state index contributed by atoms with van der Waals surface area (Å²) in [5.41, 5.74) is 31.5. The predicted molar refractivity (Wildman–Crippen MR) is 170 cm³/mol. The van der Waals surface area contributed by atoms with E-state index in [0.717, 1.165) is 0 Å². The molecule has 4 heterocycles. The van der Waals surface area contributed by atoms with Crippen LogP contribution in [0.3, 0.4) is 0 Å². The van der Waals surface area contributed by atoms with Crippen LogP contribution in [-0.2, 0) is 37.9 Å². The quantitative estimate of drug-likeness (QED) is 0.107. The molecule has 290 valence electrons. The summed E-state index contributed by atoms with van der Waals surface area (Å²) >= 11 is 0. The molecule has 4 aliphatic heterocycles. The van der Waals surface area contributed by atoms with Gasteiger partial charge in [-0.15, -0.1) is 0 Å². The molecule has 0 spiro atoms. The smallest absolute Gasteiger partial charge is 0.187 e. The first kappa shape index (κ1) is 39.0. The van der Waals surface area contributed by atoms with Crippen LogP contribution >= 0.6 is 0 Å². The predicted octanol–water partition coefficient (Wildman–Crippen LogP) is -6.09. The van der Waals surface area contributed by atoms with Crippen molar-refractivity contribution in [2.75, 3.05) is 26.9 Å². The normalized spacial score (nSPS) is 49.0. The van der Waals surface area contributed by atoms with Crippen LogP contribution in [0.4, 0.5) is 0 Å². The van der Waals surface area contributed by atoms with Crippen LogP contribution in [0, 0.1) is 0 Å². The SMILES string of the molecule is COc1ccc([C@@H]2OC[C@H]3O[C@H](O[C@@H]4[C@@H](O[C@@H]5O[C@H](CO)[C@@H](O[C@@H]6O[C@H](CN)[C@H](O)[C@@H](O)[C@@H]6N)[C@H]5O)[C@H](O)[C@@H](N)C[C@H]4N)[C@H](N)[C@@H](O)[C@@H]3O2)cc1. The number of rotatable bonds is 10. The number of methoxy groups -OCH3 is 1. The van der Waals surface area contributed by atoms with Gasteiger partial charge in [0.1, 0.15) is 72.9 Å². The number of hydrogen-bond donors (Lipinski definition) is 11. The Bertz CT molecular complexity index is 1270. The van der Waals surface area contributed by atoms with Gasteiger partial charge in [-0.05, 0) is 18.6 Å². The third kappa shape index (κ3) is 7.77. The van der Waals surface area contributed by atoms with Crippen molar-refractivity contribution in [3.05, 3.63) is 29.8 Å². The molecule has 0 unspecified atom stereocenters. The van der Waals surface area contributed by atoms with Crippen molar-refractivity contribution in [2.24, 2.45) is 28.7 Å². The van der Waals surface area contributed by atoms with E-state index in [0.29, 0.717) is 11.3 Å². The van der Waals surface area contributed by atoms with E-state index < -0.39 is 129 Å². The first-order chi connectivity index (χ1) is 24.4. The minimum absolute atomic E-state index is 0.0254. The van der Waals surface area contributed by atoms with Gasteiger partial charge >= 0.3 is 0 Å². The summed E-state index contributed by atoms with van der Waals surface area (Å²) in [5.74, 6) is 0.655. The summed E-state index contributed by atoms with van der Waals surface area (Å²) < 4.78 is 52.9. The van der Waals surface area contributed by atoms with Crippen molar-refractivity contribution in [1.29, 1.82) is 0 Å². The highest BCUT2D eigenvalue weighted by Gasteiger charge is 2.55. The van der Waals surface area contributed by atoms with Crippen molar-refractivity contribution >= 4 is 0 Å². The number of ether oxygens (including phenoxy) is 9. The second kappa shape index (κ2) is 16.3. The van der Waals surface area contributed by atoms with Gasteiger partial charge in [-0.3, -0.25) is 0 Å². The van der Waals surface area contributed by atoms with Gasteiger partial charge in [0.05, 0.1) is 38.5 Å². The topological polar surface area (TPSA) is 335 Å². The van der Waals surface area contributed by atoms with Crippen LogP contribution in [0.1, 0.15) is 18.3 Å². The molecule has 4 saturated heterocycles. The van der Waals surface area contributed by atoms with Gasteiger partial charge in [0.2, 0.25) is 0 Å². The van der Waals surface area contributed by atoms with Crippen molar-refractivity contribution in [3.8, 4) is 5.75 Å². The Morgan fingerprint density at radius 1 is 0.686 bits per heavy atom. The van der Waals surface area contributed by atoms with E-state index >= 15 is 0 Å². The van der Waals surface area contributed by atoms with E-state index in [1.165, 1.54) is 0 Å². The lowest BCUT2D eigenvalue weighted by atomic mass is 9.84. The molecule has 0 amide bonds. The molecule has 0 radical (unpaired) electrons. The van der Waals surface area contributed by atoms with Gasteiger partial charge in [-0.25, -0.2) is 0 Å². The number of hydrogen-bond acceptors (Lipinski definition) is 20. The average Bonchev–Trinajstić information content (AvgIpc) is 3.43. The highest BCUT2D eigenvalue weighted by molar-refractivity contribution is 5.28. The molecular weight excluding hydrogens is 682 g/mol. The van der Waals surface area contributed by atoms with Gasteiger partial charge in [0.25, 0.3) is 0 Å². The highest BCUT2D eigenvalue weighted by atomic mass is 16.8. The molecule has 20 atom stereocenters. The number of aliphatic hydroxyl groups excluding tert-OH is 6. The van der Waals surface area contributed by atoms with Gasteiger partial charge < -0.3 is 102 Å².